The zero-order valence-corrected chi connectivity index (χ0v) is 19.6. The van der Waals surface area contributed by atoms with Crippen LogP contribution in [0.5, 0.6) is 5.75 Å². The van der Waals surface area contributed by atoms with Crippen molar-refractivity contribution in [1.29, 1.82) is 0 Å². The number of aromatic nitrogens is 2. The smallest absolute Gasteiger partial charge is 0.258 e. The number of nitrogens with one attached hydrogen (secondary N) is 1. The number of likely N-dealkylation sites (tertiary alicyclic amines) is 1. The Bertz CT molecular complexity index is 1150. The topological polar surface area (TPSA) is 76.5 Å². The van der Waals surface area contributed by atoms with Crippen molar-refractivity contribution in [3.05, 3.63) is 59.4 Å². The largest absolute Gasteiger partial charge is 0.483 e. The molecule has 0 bridgehead atoms. The van der Waals surface area contributed by atoms with Crippen molar-refractivity contribution in [2.24, 2.45) is 5.92 Å². The molecule has 1 aromatic heterocycles. The minimum absolute atomic E-state index is 0.0740. The van der Waals surface area contributed by atoms with Gasteiger partial charge in [0, 0.05) is 13.1 Å². The quantitative estimate of drug-likeness (QED) is 0.599. The van der Waals surface area contributed by atoms with E-state index in [2.05, 4.69) is 17.2 Å². The minimum atomic E-state index is -0.231. The predicted octanol–water partition coefficient (Wildman–Crippen LogP) is 3.61. The van der Waals surface area contributed by atoms with Crippen molar-refractivity contribution in [3.63, 3.8) is 0 Å². The SMILES string of the molecule is Cc1ccc(C)c(OCC(=O)NCc2nc3ccccc3n2CC(=O)N2CCC(C)CC2)c1. The Kier molecular flexibility index (Phi) is 6.96. The van der Waals surface area contributed by atoms with Crippen LogP contribution in [-0.2, 0) is 22.7 Å². The molecule has 0 spiro atoms. The number of carbonyl (C=O) groups excluding carboxylic acids is 2. The Hall–Kier alpha value is -3.35. The lowest BCUT2D eigenvalue weighted by Gasteiger charge is -2.30. The summed E-state index contributed by atoms with van der Waals surface area (Å²) in [5.74, 6) is 1.90. The maximum atomic E-state index is 13.0. The van der Waals surface area contributed by atoms with E-state index in [-0.39, 0.29) is 31.5 Å². The second-order valence-electron chi connectivity index (χ2n) is 9.00. The van der Waals surface area contributed by atoms with Crippen molar-refractivity contribution in [1.82, 2.24) is 19.8 Å². The Balaban J connectivity index is 1.42. The van der Waals surface area contributed by atoms with Crippen LogP contribution >= 0.6 is 0 Å². The number of para-hydroxylation sites is 2. The first-order chi connectivity index (χ1) is 15.9. The summed E-state index contributed by atoms with van der Waals surface area (Å²) in [5, 5.41) is 2.89. The van der Waals surface area contributed by atoms with Crippen LogP contribution in [0.4, 0.5) is 0 Å². The van der Waals surface area contributed by atoms with E-state index in [9.17, 15) is 9.59 Å². The summed E-state index contributed by atoms with van der Waals surface area (Å²) in [5.41, 5.74) is 3.78. The fourth-order valence-electron chi connectivity index (χ4n) is 4.16. The van der Waals surface area contributed by atoms with Crippen LogP contribution in [0.2, 0.25) is 0 Å². The lowest BCUT2D eigenvalue weighted by Crippen LogP contribution is -2.40. The molecular formula is C26H32N4O3. The number of amides is 2. The lowest BCUT2D eigenvalue weighted by atomic mass is 9.99. The number of benzene rings is 2. The van der Waals surface area contributed by atoms with Gasteiger partial charge in [0.05, 0.1) is 17.6 Å². The van der Waals surface area contributed by atoms with Crippen LogP contribution in [0.15, 0.2) is 42.5 Å². The third-order valence-corrected chi connectivity index (χ3v) is 6.31. The molecular weight excluding hydrogens is 416 g/mol. The number of hydrogen-bond acceptors (Lipinski definition) is 4. The summed E-state index contributed by atoms with van der Waals surface area (Å²) in [4.78, 5) is 32.1. The predicted molar refractivity (Wildman–Crippen MR) is 128 cm³/mol. The normalized spacial score (nSPS) is 14.5. The molecule has 33 heavy (non-hydrogen) atoms. The number of ether oxygens (including phenoxy) is 1. The monoisotopic (exact) mass is 448 g/mol. The molecule has 3 aromatic rings. The fourth-order valence-corrected chi connectivity index (χ4v) is 4.16. The Morgan fingerprint density at radius 1 is 1.12 bits per heavy atom. The molecule has 0 unspecified atom stereocenters. The standard InChI is InChI=1S/C26H32N4O3/c1-18-10-12-29(13-11-18)26(32)16-30-22-7-5-4-6-21(22)28-24(30)15-27-25(31)17-33-23-14-19(2)8-9-20(23)3/h4-9,14,18H,10-13,15-17H2,1-3H3,(H,27,31). The summed E-state index contributed by atoms with van der Waals surface area (Å²) in [6.45, 7) is 8.15. The van der Waals surface area contributed by atoms with Gasteiger partial charge in [0.2, 0.25) is 5.91 Å². The molecule has 7 nitrogen and oxygen atoms in total. The van der Waals surface area contributed by atoms with Crippen LogP contribution in [0, 0.1) is 19.8 Å². The second kappa shape index (κ2) is 10.1. The molecule has 1 fully saturated rings. The molecule has 0 aliphatic carbocycles. The molecule has 2 heterocycles. The minimum Gasteiger partial charge on any atom is -0.483 e. The average Bonchev–Trinajstić information content (AvgIpc) is 3.16. The number of nitrogens with zero attached hydrogens (tertiary/aromatic N) is 3. The third kappa shape index (κ3) is 5.53. The number of imidazole rings is 1. The zero-order valence-electron chi connectivity index (χ0n) is 19.6. The van der Waals surface area contributed by atoms with Gasteiger partial charge < -0.3 is 19.5 Å². The van der Waals surface area contributed by atoms with E-state index < -0.39 is 0 Å². The van der Waals surface area contributed by atoms with Gasteiger partial charge in [-0.3, -0.25) is 9.59 Å². The molecule has 1 saturated heterocycles. The van der Waals surface area contributed by atoms with Crippen molar-refractivity contribution in [3.8, 4) is 5.75 Å². The lowest BCUT2D eigenvalue weighted by molar-refractivity contribution is -0.133. The van der Waals surface area contributed by atoms with Gasteiger partial charge in [0.15, 0.2) is 6.61 Å². The fraction of sp³-hybridized carbons (Fsp3) is 0.423. The number of hydrogen-bond donors (Lipinski definition) is 1. The van der Waals surface area contributed by atoms with E-state index in [1.807, 2.05) is 65.8 Å². The van der Waals surface area contributed by atoms with Crippen molar-refractivity contribution >= 4 is 22.8 Å². The maximum Gasteiger partial charge on any atom is 0.258 e. The summed E-state index contributed by atoms with van der Waals surface area (Å²) in [6.07, 6.45) is 2.08. The van der Waals surface area contributed by atoms with Crippen LogP contribution in [0.3, 0.4) is 0 Å². The van der Waals surface area contributed by atoms with Crippen molar-refractivity contribution < 1.29 is 14.3 Å². The van der Waals surface area contributed by atoms with Gasteiger partial charge in [-0.2, -0.15) is 0 Å². The third-order valence-electron chi connectivity index (χ3n) is 6.31. The van der Waals surface area contributed by atoms with Crippen LogP contribution in [0.25, 0.3) is 11.0 Å². The highest BCUT2D eigenvalue weighted by atomic mass is 16.5. The highest BCUT2D eigenvalue weighted by Gasteiger charge is 2.22. The average molecular weight is 449 g/mol. The summed E-state index contributed by atoms with van der Waals surface area (Å²) in [6, 6.07) is 13.7. The molecule has 2 aromatic carbocycles. The first-order valence-corrected chi connectivity index (χ1v) is 11.6. The molecule has 1 N–H and O–H groups in total. The van der Waals surface area contributed by atoms with Crippen LogP contribution in [0.1, 0.15) is 36.7 Å². The van der Waals surface area contributed by atoms with E-state index >= 15 is 0 Å². The van der Waals surface area contributed by atoms with Gasteiger partial charge in [-0.05, 0) is 61.9 Å². The number of fused-ring (bicyclic) bond motifs is 1. The highest BCUT2D eigenvalue weighted by Crippen LogP contribution is 2.20. The van der Waals surface area contributed by atoms with Crippen molar-refractivity contribution in [2.75, 3.05) is 19.7 Å². The molecule has 1 aliphatic rings. The highest BCUT2D eigenvalue weighted by molar-refractivity contribution is 5.81. The molecule has 174 valence electrons. The molecule has 0 radical (unpaired) electrons. The zero-order chi connectivity index (χ0) is 23.4. The number of rotatable bonds is 7. The van der Waals surface area contributed by atoms with Gasteiger partial charge in [0.1, 0.15) is 18.1 Å². The summed E-state index contributed by atoms with van der Waals surface area (Å²) < 4.78 is 7.63. The van der Waals surface area contributed by atoms with E-state index in [4.69, 9.17) is 4.74 Å². The van der Waals surface area contributed by atoms with Gasteiger partial charge >= 0.3 is 0 Å². The first kappa shape index (κ1) is 22.8. The molecule has 4 rings (SSSR count). The number of aryl methyl sites for hydroxylation is 2. The van der Waals surface area contributed by atoms with Gasteiger partial charge in [-0.15, -0.1) is 0 Å². The second-order valence-corrected chi connectivity index (χ2v) is 9.00. The summed E-state index contributed by atoms with van der Waals surface area (Å²) in [7, 11) is 0. The van der Waals surface area contributed by atoms with E-state index in [1.54, 1.807) is 0 Å². The Morgan fingerprint density at radius 2 is 1.88 bits per heavy atom. The van der Waals surface area contributed by atoms with Crippen molar-refractivity contribution in [2.45, 2.75) is 46.7 Å². The number of carbonyl (C=O) groups is 2. The Morgan fingerprint density at radius 3 is 2.67 bits per heavy atom. The van der Waals surface area contributed by atoms with E-state index in [1.165, 1.54) is 0 Å². The van der Waals surface area contributed by atoms with E-state index in [0.717, 1.165) is 48.1 Å². The van der Waals surface area contributed by atoms with Gasteiger partial charge in [-0.25, -0.2) is 4.98 Å². The first-order valence-electron chi connectivity index (χ1n) is 11.6. The van der Waals surface area contributed by atoms with Gasteiger partial charge in [0.25, 0.3) is 5.91 Å². The van der Waals surface area contributed by atoms with Crippen LogP contribution in [-0.4, -0.2) is 46.0 Å². The maximum absolute atomic E-state index is 13.0. The molecule has 7 heteroatoms. The van der Waals surface area contributed by atoms with Crippen LogP contribution < -0.4 is 10.1 Å². The molecule has 0 saturated carbocycles. The molecule has 2 amide bonds. The molecule has 0 atom stereocenters. The molecule has 1 aliphatic heterocycles. The Labute approximate surface area is 194 Å². The van der Waals surface area contributed by atoms with Gasteiger partial charge in [-0.1, -0.05) is 31.2 Å². The number of piperidine rings is 1. The summed E-state index contributed by atoms with van der Waals surface area (Å²) >= 11 is 0. The van der Waals surface area contributed by atoms with E-state index in [0.29, 0.717) is 17.5 Å².